The van der Waals surface area contributed by atoms with Gasteiger partial charge in [0.05, 0.1) is 0 Å². The van der Waals surface area contributed by atoms with E-state index < -0.39 is 0 Å². The van der Waals surface area contributed by atoms with E-state index in [0.717, 1.165) is 31.8 Å². The lowest BCUT2D eigenvalue weighted by Gasteiger charge is -2.19. The maximum absolute atomic E-state index is 12.1. The maximum Gasteiger partial charge on any atom is 0.272 e. The van der Waals surface area contributed by atoms with Crippen molar-refractivity contribution in [3.05, 3.63) is 30.1 Å². The molecule has 16 heavy (non-hydrogen) atoms. The Labute approximate surface area is 96.5 Å². The minimum absolute atomic E-state index is 0.0784. The molecule has 0 radical (unpaired) electrons. The van der Waals surface area contributed by atoms with Gasteiger partial charge in [0.2, 0.25) is 0 Å². The van der Waals surface area contributed by atoms with Gasteiger partial charge >= 0.3 is 0 Å². The van der Waals surface area contributed by atoms with E-state index in [-0.39, 0.29) is 5.91 Å². The zero-order valence-corrected chi connectivity index (χ0v) is 9.72. The molecular formula is C13H18N2O. The van der Waals surface area contributed by atoms with Gasteiger partial charge in [0.1, 0.15) is 5.69 Å². The summed E-state index contributed by atoms with van der Waals surface area (Å²) >= 11 is 0. The van der Waals surface area contributed by atoms with Crippen LogP contribution in [0.1, 0.15) is 36.7 Å². The monoisotopic (exact) mass is 218 g/mol. The van der Waals surface area contributed by atoms with Gasteiger partial charge in [0, 0.05) is 19.3 Å². The van der Waals surface area contributed by atoms with E-state index in [0.29, 0.717) is 5.69 Å². The average molecular weight is 218 g/mol. The van der Waals surface area contributed by atoms with Crippen LogP contribution in [0.15, 0.2) is 24.4 Å². The third kappa shape index (κ3) is 2.60. The summed E-state index contributed by atoms with van der Waals surface area (Å²) in [5.74, 6) is 0.816. The van der Waals surface area contributed by atoms with Crippen LogP contribution in [0.25, 0.3) is 0 Å². The van der Waals surface area contributed by atoms with Gasteiger partial charge in [-0.15, -0.1) is 0 Å². The van der Waals surface area contributed by atoms with Crippen LogP contribution in [0.4, 0.5) is 0 Å². The SMILES string of the molecule is CC1CCCN(C(=O)c2ccccn2)CC1. The Hall–Kier alpha value is -1.38. The Balaban J connectivity index is 2.04. The Bertz CT molecular complexity index is 350. The molecule has 1 aliphatic rings. The number of likely N-dealkylation sites (tertiary alicyclic amines) is 1. The molecule has 2 rings (SSSR count). The molecule has 1 atom stereocenters. The summed E-state index contributed by atoms with van der Waals surface area (Å²) in [5.41, 5.74) is 0.567. The van der Waals surface area contributed by atoms with Crippen molar-refractivity contribution in [2.24, 2.45) is 5.92 Å². The minimum atomic E-state index is 0.0784. The van der Waals surface area contributed by atoms with Crippen molar-refractivity contribution in [2.45, 2.75) is 26.2 Å². The molecule has 1 aromatic rings. The third-order valence-electron chi connectivity index (χ3n) is 3.19. The number of carbonyl (C=O) groups excluding carboxylic acids is 1. The van der Waals surface area contributed by atoms with Crippen LogP contribution in [0.3, 0.4) is 0 Å². The summed E-state index contributed by atoms with van der Waals surface area (Å²) in [6.45, 7) is 4.01. The van der Waals surface area contributed by atoms with Crippen LogP contribution >= 0.6 is 0 Å². The van der Waals surface area contributed by atoms with Crippen LogP contribution in [0.5, 0.6) is 0 Å². The number of amides is 1. The van der Waals surface area contributed by atoms with Crippen LogP contribution in [0.2, 0.25) is 0 Å². The molecule has 0 spiro atoms. The Morgan fingerprint density at radius 3 is 3.00 bits per heavy atom. The molecule has 0 aromatic carbocycles. The third-order valence-corrected chi connectivity index (χ3v) is 3.19. The molecule has 3 nitrogen and oxygen atoms in total. The first-order valence-corrected chi connectivity index (χ1v) is 5.97. The second-order valence-corrected chi connectivity index (χ2v) is 4.54. The first-order valence-electron chi connectivity index (χ1n) is 5.97. The van der Waals surface area contributed by atoms with Crippen LogP contribution in [-0.4, -0.2) is 28.9 Å². The van der Waals surface area contributed by atoms with Crippen LogP contribution in [0, 0.1) is 5.92 Å². The van der Waals surface area contributed by atoms with E-state index in [2.05, 4.69) is 11.9 Å². The fourth-order valence-electron chi connectivity index (χ4n) is 2.12. The Morgan fingerprint density at radius 2 is 2.25 bits per heavy atom. The molecule has 1 amide bonds. The molecule has 86 valence electrons. The van der Waals surface area contributed by atoms with Crippen molar-refractivity contribution >= 4 is 5.91 Å². The highest BCUT2D eigenvalue weighted by atomic mass is 16.2. The molecule has 0 N–H and O–H groups in total. The summed E-state index contributed by atoms with van der Waals surface area (Å²) in [4.78, 5) is 18.2. The second-order valence-electron chi connectivity index (χ2n) is 4.54. The molecule has 0 bridgehead atoms. The number of hydrogen-bond donors (Lipinski definition) is 0. The summed E-state index contributed by atoms with van der Waals surface area (Å²) in [6.07, 6.45) is 5.12. The molecule has 1 aliphatic heterocycles. The lowest BCUT2D eigenvalue weighted by Crippen LogP contribution is -2.32. The lowest BCUT2D eigenvalue weighted by molar-refractivity contribution is 0.0754. The smallest absolute Gasteiger partial charge is 0.272 e. The molecule has 3 heteroatoms. The Morgan fingerprint density at radius 1 is 1.38 bits per heavy atom. The first kappa shape index (κ1) is 11.1. The number of hydrogen-bond acceptors (Lipinski definition) is 2. The molecule has 1 fully saturated rings. The van der Waals surface area contributed by atoms with E-state index in [1.165, 1.54) is 6.42 Å². The van der Waals surface area contributed by atoms with Crippen LogP contribution in [-0.2, 0) is 0 Å². The van der Waals surface area contributed by atoms with Gasteiger partial charge < -0.3 is 4.90 Å². The maximum atomic E-state index is 12.1. The number of rotatable bonds is 1. The summed E-state index contributed by atoms with van der Waals surface area (Å²) in [6, 6.07) is 5.48. The van der Waals surface area contributed by atoms with E-state index >= 15 is 0 Å². The standard InChI is InChI=1S/C13H18N2O/c1-11-5-4-9-15(10-7-11)13(16)12-6-2-3-8-14-12/h2-3,6,8,11H,4-5,7,9-10H2,1H3. The zero-order chi connectivity index (χ0) is 11.4. The molecule has 0 saturated carbocycles. The van der Waals surface area contributed by atoms with Gasteiger partial charge in [-0.25, -0.2) is 0 Å². The molecular weight excluding hydrogens is 200 g/mol. The van der Waals surface area contributed by atoms with Crippen molar-refractivity contribution in [2.75, 3.05) is 13.1 Å². The van der Waals surface area contributed by atoms with Crippen molar-refractivity contribution in [1.29, 1.82) is 0 Å². The number of aromatic nitrogens is 1. The van der Waals surface area contributed by atoms with E-state index in [4.69, 9.17) is 0 Å². The van der Waals surface area contributed by atoms with Gasteiger partial charge in [0.25, 0.3) is 5.91 Å². The van der Waals surface area contributed by atoms with Crippen molar-refractivity contribution in [3.63, 3.8) is 0 Å². The predicted octanol–water partition coefficient (Wildman–Crippen LogP) is 2.34. The summed E-state index contributed by atoms with van der Waals surface area (Å²) in [5, 5.41) is 0. The molecule has 2 heterocycles. The highest BCUT2D eigenvalue weighted by Crippen LogP contribution is 2.17. The van der Waals surface area contributed by atoms with E-state index in [9.17, 15) is 4.79 Å². The van der Waals surface area contributed by atoms with Gasteiger partial charge in [-0.3, -0.25) is 9.78 Å². The molecule has 1 saturated heterocycles. The van der Waals surface area contributed by atoms with Gasteiger partial charge in [0.15, 0.2) is 0 Å². The molecule has 0 aliphatic carbocycles. The van der Waals surface area contributed by atoms with Gasteiger partial charge in [-0.1, -0.05) is 13.0 Å². The average Bonchev–Trinajstić information content (AvgIpc) is 2.54. The highest BCUT2D eigenvalue weighted by molar-refractivity contribution is 5.92. The van der Waals surface area contributed by atoms with E-state index in [1.54, 1.807) is 12.3 Å². The van der Waals surface area contributed by atoms with Crippen molar-refractivity contribution in [3.8, 4) is 0 Å². The topological polar surface area (TPSA) is 33.2 Å². The minimum Gasteiger partial charge on any atom is -0.337 e. The second kappa shape index (κ2) is 5.10. The normalized spacial score (nSPS) is 21.6. The number of pyridine rings is 1. The quantitative estimate of drug-likeness (QED) is 0.725. The van der Waals surface area contributed by atoms with Gasteiger partial charge in [-0.05, 0) is 37.3 Å². The predicted molar refractivity (Wildman–Crippen MR) is 63.2 cm³/mol. The number of nitrogens with zero attached hydrogens (tertiary/aromatic N) is 2. The van der Waals surface area contributed by atoms with Crippen molar-refractivity contribution in [1.82, 2.24) is 9.88 Å². The van der Waals surface area contributed by atoms with E-state index in [1.807, 2.05) is 17.0 Å². The van der Waals surface area contributed by atoms with Crippen LogP contribution < -0.4 is 0 Å². The van der Waals surface area contributed by atoms with Crippen molar-refractivity contribution < 1.29 is 4.79 Å². The fourth-order valence-corrected chi connectivity index (χ4v) is 2.12. The summed E-state index contributed by atoms with van der Waals surface area (Å²) in [7, 11) is 0. The summed E-state index contributed by atoms with van der Waals surface area (Å²) < 4.78 is 0. The zero-order valence-electron chi connectivity index (χ0n) is 9.72. The Kier molecular flexibility index (Phi) is 3.54. The van der Waals surface area contributed by atoms with Gasteiger partial charge in [-0.2, -0.15) is 0 Å². The number of carbonyl (C=O) groups is 1. The fraction of sp³-hybridized carbons (Fsp3) is 0.538. The molecule has 1 aromatic heterocycles. The first-order chi connectivity index (χ1) is 7.77. The largest absolute Gasteiger partial charge is 0.337 e. The molecule has 1 unspecified atom stereocenters. The lowest BCUT2D eigenvalue weighted by atomic mass is 10.0. The highest BCUT2D eigenvalue weighted by Gasteiger charge is 2.19.